The quantitative estimate of drug-likeness (QED) is 0.824. The van der Waals surface area contributed by atoms with Crippen LogP contribution >= 0.6 is 11.3 Å². The van der Waals surface area contributed by atoms with E-state index < -0.39 is 0 Å². The first-order chi connectivity index (χ1) is 7.69. The number of nitrogens with one attached hydrogen (secondary N) is 1. The molecule has 90 valence electrons. The fraction of sp³-hybridized carbons (Fsp3) is 0.769. The van der Waals surface area contributed by atoms with E-state index in [0.29, 0.717) is 5.92 Å². The summed E-state index contributed by atoms with van der Waals surface area (Å²) in [5.74, 6) is 1.65. The normalized spacial score (nSPS) is 16.0. The van der Waals surface area contributed by atoms with Crippen LogP contribution in [0.3, 0.4) is 0 Å². The average Bonchev–Trinajstić information content (AvgIpc) is 2.92. The third kappa shape index (κ3) is 3.29. The molecule has 0 unspecified atom stereocenters. The van der Waals surface area contributed by atoms with E-state index in [1.165, 1.54) is 34.8 Å². The van der Waals surface area contributed by atoms with Crippen molar-refractivity contribution < 1.29 is 0 Å². The maximum atomic E-state index is 4.83. The highest BCUT2D eigenvalue weighted by Gasteiger charge is 2.24. The van der Waals surface area contributed by atoms with Gasteiger partial charge in [-0.1, -0.05) is 13.8 Å². The Morgan fingerprint density at radius 3 is 2.75 bits per heavy atom. The molecule has 2 rings (SSSR count). The topological polar surface area (TPSA) is 24.9 Å². The highest BCUT2D eigenvalue weighted by atomic mass is 32.1. The van der Waals surface area contributed by atoms with Crippen molar-refractivity contribution >= 4 is 11.3 Å². The molecule has 1 N–H and O–H groups in total. The van der Waals surface area contributed by atoms with Gasteiger partial charge in [0.2, 0.25) is 0 Å². The molecule has 0 bridgehead atoms. The van der Waals surface area contributed by atoms with Crippen LogP contribution in [0.2, 0.25) is 0 Å². The van der Waals surface area contributed by atoms with E-state index >= 15 is 0 Å². The fourth-order valence-corrected chi connectivity index (χ4v) is 3.16. The Morgan fingerprint density at radius 2 is 2.19 bits per heavy atom. The SMILES string of the molecule is CNCc1sc(CC2CC2)nc1CC(C)C. The minimum Gasteiger partial charge on any atom is -0.315 e. The summed E-state index contributed by atoms with van der Waals surface area (Å²) in [7, 11) is 2.01. The lowest BCUT2D eigenvalue weighted by atomic mass is 10.1. The molecule has 0 aromatic carbocycles. The van der Waals surface area contributed by atoms with Crippen LogP contribution in [0, 0.1) is 11.8 Å². The van der Waals surface area contributed by atoms with Gasteiger partial charge in [0.25, 0.3) is 0 Å². The Bertz CT molecular complexity index is 340. The molecular formula is C13H22N2S. The predicted octanol–water partition coefficient (Wildman–Crippen LogP) is 3.01. The fourth-order valence-electron chi connectivity index (χ4n) is 1.94. The van der Waals surface area contributed by atoms with Crippen molar-refractivity contribution in [1.82, 2.24) is 10.3 Å². The Kier molecular flexibility index (Phi) is 3.98. The molecule has 1 aliphatic carbocycles. The summed E-state index contributed by atoms with van der Waals surface area (Å²) >= 11 is 1.92. The lowest BCUT2D eigenvalue weighted by Crippen LogP contribution is -2.07. The van der Waals surface area contributed by atoms with Crippen molar-refractivity contribution in [3.63, 3.8) is 0 Å². The molecular weight excluding hydrogens is 216 g/mol. The molecule has 0 aliphatic heterocycles. The Labute approximate surface area is 102 Å². The number of hydrogen-bond donors (Lipinski definition) is 1. The van der Waals surface area contributed by atoms with E-state index in [9.17, 15) is 0 Å². The molecule has 0 spiro atoms. The van der Waals surface area contributed by atoms with Gasteiger partial charge in [-0.3, -0.25) is 0 Å². The second kappa shape index (κ2) is 5.28. The average molecular weight is 238 g/mol. The van der Waals surface area contributed by atoms with Crippen molar-refractivity contribution in [2.24, 2.45) is 11.8 Å². The summed E-state index contributed by atoms with van der Waals surface area (Å²) in [6.45, 7) is 5.51. The van der Waals surface area contributed by atoms with Crippen LogP contribution in [0.25, 0.3) is 0 Å². The van der Waals surface area contributed by atoms with E-state index in [-0.39, 0.29) is 0 Å². The molecule has 1 fully saturated rings. The van der Waals surface area contributed by atoms with Crippen LogP contribution in [-0.4, -0.2) is 12.0 Å². The number of thiazole rings is 1. The van der Waals surface area contributed by atoms with Gasteiger partial charge in [0.1, 0.15) is 0 Å². The Balaban J connectivity index is 2.08. The second-order valence-electron chi connectivity index (χ2n) is 5.25. The molecule has 0 amide bonds. The van der Waals surface area contributed by atoms with E-state index in [2.05, 4.69) is 19.2 Å². The zero-order valence-corrected chi connectivity index (χ0v) is 11.4. The lowest BCUT2D eigenvalue weighted by molar-refractivity contribution is 0.628. The largest absolute Gasteiger partial charge is 0.315 e. The van der Waals surface area contributed by atoms with Crippen molar-refractivity contribution in [3.8, 4) is 0 Å². The third-order valence-corrected chi connectivity index (χ3v) is 4.04. The minimum atomic E-state index is 0.700. The van der Waals surface area contributed by atoms with Crippen LogP contribution in [0.15, 0.2) is 0 Å². The van der Waals surface area contributed by atoms with Crippen LogP contribution in [0.1, 0.15) is 42.3 Å². The highest BCUT2D eigenvalue weighted by molar-refractivity contribution is 7.11. The second-order valence-corrected chi connectivity index (χ2v) is 6.42. The maximum Gasteiger partial charge on any atom is 0.0934 e. The summed E-state index contributed by atoms with van der Waals surface area (Å²) in [5.41, 5.74) is 1.34. The van der Waals surface area contributed by atoms with Crippen LogP contribution in [-0.2, 0) is 19.4 Å². The molecule has 1 aromatic rings. The summed E-state index contributed by atoms with van der Waals surface area (Å²) in [6.07, 6.45) is 5.18. The van der Waals surface area contributed by atoms with E-state index in [4.69, 9.17) is 4.98 Å². The van der Waals surface area contributed by atoms with Gasteiger partial charge in [0.15, 0.2) is 0 Å². The molecule has 1 aromatic heterocycles. The predicted molar refractivity (Wildman–Crippen MR) is 69.8 cm³/mol. The lowest BCUT2D eigenvalue weighted by Gasteiger charge is -2.03. The molecule has 3 heteroatoms. The van der Waals surface area contributed by atoms with Gasteiger partial charge in [-0.15, -0.1) is 11.3 Å². The van der Waals surface area contributed by atoms with E-state index in [1.807, 2.05) is 18.4 Å². The van der Waals surface area contributed by atoms with Crippen molar-refractivity contribution in [2.75, 3.05) is 7.05 Å². The third-order valence-electron chi connectivity index (χ3n) is 2.92. The van der Waals surface area contributed by atoms with E-state index in [1.54, 1.807) is 0 Å². The summed E-state index contributed by atoms with van der Waals surface area (Å²) in [4.78, 5) is 6.28. The van der Waals surface area contributed by atoms with Gasteiger partial charge in [0.05, 0.1) is 10.7 Å². The number of aromatic nitrogens is 1. The first-order valence-electron chi connectivity index (χ1n) is 6.31. The van der Waals surface area contributed by atoms with Gasteiger partial charge in [-0.05, 0) is 38.1 Å². The molecule has 1 aliphatic rings. The van der Waals surface area contributed by atoms with Crippen molar-refractivity contribution in [3.05, 3.63) is 15.6 Å². The van der Waals surface area contributed by atoms with Crippen LogP contribution in [0.4, 0.5) is 0 Å². The standard InChI is InChI=1S/C13H22N2S/c1-9(2)6-11-12(8-14-3)16-13(15-11)7-10-4-5-10/h9-10,14H,4-8H2,1-3H3. The summed E-state index contributed by atoms with van der Waals surface area (Å²) in [5, 5.41) is 4.61. The summed E-state index contributed by atoms with van der Waals surface area (Å²) in [6, 6.07) is 0. The minimum absolute atomic E-state index is 0.700. The highest BCUT2D eigenvalue weighted by Crippen LogP contribution is 2.34. The Morgan fingerprint density at radius 1 is 1.44 bits per heavy atom. The molecule has 16 heavy (non-hydrogen) atoms. The first-order valence-corrected chi connectivity index (χ1v) is 7.12. The molecule has 1 saturated carbocycles. The molecule has 0 saturated heterocycles. The molecule has 2 nitrogen and oxygen atoms in total. The molecule has 0 atom stereocenters. The summed E-state index contributed by atoms with van der Waals surface area (Å²) < 4.78 is 0. The maximum absolute atomic E-state index is 4.83. The molecule has 1 heterocycles. The zero-order valence-electron chi connectivity index (χ0n) is 10.5. The monoisotopic (exact) mass is 238 g/mol. The van der Waals surface area contributed by atoms with Crippen LogP contribution in [0.5, 0.6) is 0 Å². The molecule has 0 radical (unpaired) electrons. The van der Waals surface area contributed by atoms with Gasteiger partial charge < -0.3 is 5.32 Å². The Hall–Kier alpha value is -0.410. The smallest absolute Gasteiger partial charge is 0.0934 e. The van der Waals surface area contributed by atoms with Gasteiger partial charge in [-0.25, -0.2) is 4.98 Å². The van der Waals surface area contributed by atoms with Crippen molar-refractivity contribution in [2.45, 2.75) is 46.1 Å². The zero-order chi connectivity index (χ0) is 11.5. The number of hydrogen-bond acceptors (Lipinski definition) is 3. The number of rotatable bonds is 6. The van der Waals surface area contributed by atoms with Gasteiger partial charge >= 0.3 is 0 Å². The van der Waals surface area contributed by atoms with E-state index in [0.717, 1.165) is 18.9 Å². The van der Waals surface area contributed by atoms with Crippen molar-refractivity contribution in [1.29, 1.82) is 0 Å². The van der Waals surface area contributed by atoms with Crippen LogP contribution < -0.4 is 5.32 Å². The van der Waals surface area contributed by atoms with Gasteiger partial charge in [-0.2, -0.15) is 0 Å². The first kappa shape index (κ1) is 12.1. The van der Waals surface area contributed by atoms with Gasteiger partial charge in [0, 0.05) is 17.8 Å². The number of nitrogens with zero attached hydrogens (tertiary/aromatic N) is 1.